The minimum atomic E-state index is -3.80. The van der Waals surface area contributed by atoms with Crippen LogP contribution in [0.25, 0.3) is 0 Å². The predicted octanol–water partition coefficient (Wildman–Crippen LogP) is 5.24. The quantitative estimate of drug-likeness (QED) is 0.317. The normalized spacial score (nSPS) is 12.4. The lowest BCUT2D eigenvalue weighted by Crippen LogP contribution is -2.54. The molecule has 7 nitrogen and oxygen atoms in total. The van der Waals surface area contributed by atoms with Crippen LogP contribution in [0.15, 0.2) is 78.9 Å². The third kappa shape index (κ3) is 9.42. The van der Waals surface area contributed by atoms with E-state index in [2.05, 4.69) is 5.32 Å². The highest BCUT2D eigenvalue weighted by Gasteiger charge is 2.32. The number of carbonyl (C=O) groups is 2. The number of rotatable bonds is 12. The smallest absolute Gasteiger partial charge is 0.243 e. The Kier molecular flexibility index (Phi) is 10.7. The lowest BCUT2D eigenvalue weighted by molar-refractivity contribution is -0.142. The van der Waals surface area contributed by atoms with Crippen LogP contribution >= 0.6 is 0 Å². The lowest BCUT2D eigenvalue weighted by Gasteiger charge is -2.34. The average molecular weight is 582 g/mol. The molecule has 0 spiro atoms. The summed E-state index contributed by atoms with van der Waals surface area (Å²) in [7, 11) is -3.80. The predicted molar refractivity (Wildman–Crippen MR) is 161 cm³/mol. The molecule has 0 saturated heterocycles. The number of sulfonamides is 1. The average Bonchev–Trinajstić information content (AvgIpc) is 2.89. The van der Waals surface area contributed by atoms with Gasteiger partial charge in [0, 0.05) is 31.5 Å². The molecule has 2 amide bonds. The van der Waals surface area contributed by atoms with E-state index < -0.39 is 27.4 Å². The number of carbonyl (C=O) groups excluding carboxylic acids is 2. The van der Waals surface area contributed by atoms with Gasteiger partial charge < -0.3 is 10.2 Å². The Morgan fingerprint density at radius 1 is 0.927 bits per heavy atom. The van der Waals surface area contributed by atoms with Crippen molar-refractivity contribution in [3.05, 3.63) is 101 Å². The standard InChI is InChI=1S/C32H40FN3O4S/c1-24-14-9-10-17-26(24)23-35(29(31(38)34-32(2,3)4)22-25-15-7-6-8-16-25)30(37)20-13-21-36(41(5,39)40)28-19-12-11-18-27(28)33/h6-12,14-19,29H,13,20-23H2,1-5H3,(H,34,38)/t29-/m1/s1. The van der Waals surface area contributed by atoms with Gasteiger partial charge in [0.15, 0.2) is 0 Å². The fraction of sp³-hybridized carbons (Fsp3) is 0.375. The number of hydrogen-bond donors (Lipinski definition) is 1. The molecule has 0 unspecified atom stereocenters. The fourth-order valence-electron chi connectivity index (χ4n) is 4.61. The molecule has 3 rings (SSSR count). The van der Waals surface area contributed by atoms with Crippen molar-refractivity contribution in [1.29, 1.82) is 0 Å². The first kappa shape index (κ1) is 31.8. The second-order valence-electron chi connectivity index (χ2n) is 11.3. The molecule has 1 atom stereocenters. The molecule has 3 aromatic rings. The monoisotopic (exact) mass is 581 g/mol. The summed E-state index contributed by atoms with van der Waals surface area (Å²) < 4.78 is 40.5. The van der Waals surface area contributed by atoms with E-state index in [-0.39, 0.29) is 43.4 Å². The van der Waals surface area contributed by atoms with Gasteiger partial charge in [-0.05, 0) is 62.9 Å². The highest BCUT2D eigenvalue weighted by molar-refractivity contribution is 7.92. The maximum absolute atomic E-state index is 14.5. The van der Waals surface area contributed by atoms with Gasteiger partial charge >= 0.3 is 0 Å². The molecule has 41 heavy (non-hydrogen) atoms. The first-order valence-corrected chi connectivity index (χ1v) is 15.5. The first-order valence-electron chi connectivity index (χ1n) is 13.7. The van der Waals surface area contributed by atoms with Crippen LogP contribution in [0.5, 0.6) is 0 Å². The Morgan fingerprint density at radius 2 is 1.54 bits per heavy atom. The summed E-state index contributed by atoms with van der Waals surface area (Å²) in [5, 5.41) is 3.04. The van der Waals surface area contributed by atoms with Gasteiger partial charge in [-0.3, -0.25) is 13.9 Å². The summed E-state index contributed by atoms with van der Waals surface area (Å²) >= 11 is 0. The summed E-state index contributed by atoms with van der Waals surface area (Å²) in [5.74, 6) is -1.22. The molecule has 3 aromatic carbocycles. The molecule has 0 bridgehead atoms. The summed E-state index contributed by atoms with van der Waals surface area (Å²) in [6, 6.07) is 22.1. The van der Waals surface area contributed by atoms with Crippen molar-refractivity contribution < 1.29 is 22.4 Å². The van der Waals surface area contributed by atoms with Crippen LogP contribution in [-0.4, -0.2) is 49.5 Å². The van der Waals surface area contributed by atoms with E-state index in [1.54, 1.807) is 11.0 Å². The molecule has 0 aromatic heterocycles. The van der Waals surface area contributed by atoms with Gasteiger partial charge in [-0.1, -0.05) is 66.7 Å². The number of amides is 2. The molecule has 9 heteroatoms. The van der Waals surface area contributed by atoms with E-state index in [0.29, 0.717) is 6.42 Å². The van der Waals surface area contributed by atoms with Crippen LogP contribution in [0.3, 0.4) is 0 Å². The Labute approximate surface area is 243 Å². The molecule has 0 aliphatic heterocycles. The number of nitrogens with one attached hydrogen (secondary N) is 1. The van der Waals surface area contributed by atoms with Crippen molar-refractivity contribution in [3.63, 3.8) is 0 Å². The number of aryl methyl sites for hydroxylation is 1. The SMILES string of the molecule is Cc1ccccc1CN(C(=O)CCCN(c1ccccc1F)S(C)(=O)=O)[C@H](Cc1ccccc1)C(=O)NC(C)(C)C. The molecular formula is C32H40FN3O4S. The van der Waals surface area contributed by atoms with Gasteiger partial charge in [-0.25, -0.2) is 12.8 Å². The minimum absolute atomic E-state index is 0.0273. The van der Waals surface area contributed by atoms with Gasteiger partial charge in [0.25, 0.3) is 0 Å². The molecule has 0 radical (unpaired) electrons. The van der Waals surface area contributed by atoms with E-state index >= 15 is 0 Å². The Hall–Kier alpha value is -3.72. The van der Waals surface area contributed by atoms with Crippen LogP contribution in [0.4, 0.5) is 10.1 Å². The number of para-hydroxylation sites is 1. The van der Waals surface area contributed by atoms with Crippen molar-refractivity contribution in [3.8, 4) is 0 Å². The third-order valence-electron chi connectivity index (χ3n) is 6.64. The van der Waals surface area contributed by atoms with Gasteiger partial charge in [0.2, 0.25) is 21.8 Å². The molecule has 0 aliphatic rings. The zero-order chi connectivity index (χ0) is 30.2. The lowest BCUT2D eigenvalue weighted by atomic mass is 9.99. The van der Waals surface area contributed by atoms with Gasteiger partial charge in [0.05, 0.1) is 11.9 Å². The second-order valence-corrected chi connectivity index (χ2v) is 13.2. The molecule has 0 saturated carbocycles. The molecule has 220 valence electrons. The Bertz CT molecular complexity index is 1440. The van der Waals surface area contributed by atoms with Gasteiger partial charge in [-0.15, -0.1) is 0 Å². The fourth-order valence-corrected chi connectivity index (χ4v) is 5.58. The highest BCUT2D eigenvalue weighted by atomic mass is 32.2. The van der Waals surface area contributed by atoms with Gasteiger partial charge in [-0.2, -0.15) is 0 Å². The van der Waals surface area contributed by atoms with E-state index in [1.807, 2.05) is 82.3 Å². The highest BCUT2D eigenvalue weighted by Crippen LogP contribution is 2.23. The van der Waals surface area contributed by atoms with Crippen LogP contribution in [-0.2, 0) is 32.6 Å². The Balaban J connectivity index is 1.92. The number of hydrogen-bond acceptors (Lipinski definition) is 4. The van der Waals surface area contributed by atoms with Gasteiger partial charge in [0.1, 0.15) is 11.9 Å². The maximum Gasteiger partial charge on any atom is 0.243 e. The summed E-state index contributed by atoms with van der Waals surface area (Å²) in [4.78, 5) is 29.2. The number of benzene rings is 3. The molecule has 0 fully saturated rings. The van der Waals surface area contributed by atoms with E-state index in [0.717, 1.165) is 27.3 Å². The van der Waals surface area contributed by atoms with E-state index in [4.69, 9.17) is 0 Å². The minimum Gasteiger partial charge on any atom is -0.350 e. The van der Waals surface area contributed by atoms with Crippen LogP contribution in [0.2, 0.25) is 0 Å². The van der Waals surface area contributed by atoms with Crippen LogP contribution in [0, 0.1) is 12.7 Å². The third-order valence-corrected chi connectivity index (χ3v) is 7.82. The maximum atomic E-state index is 14.5. The van der Waals surface area contributed by atoms with Crippen molar-refractivity contribution in [1.82, 2.24) is 10.2 Å². The molecular weight excluding hydrogens is 541 g/mol. The van der Waals surface area contributed by atoms with Crippen molar-refractivity contribution in [2.75, 3.05) is 17.1 Å². The topological polar surface area (TPSA) is 86.8 Å². The van der Waals surface area contributed by atoms with Crippen LogP contribution in [0.1, 0.15) is 50.3 Å². The zero-order valence-electron chi connectivity index (χ0n) is 24.4. The van der Waals surface area contributed by atoms with E-state index in [9.17, 15) is 22.4 Å². The van der Waals surface area contributed by atoms with Crippen molar-refractivity contribution in [2.45, 2.75) is 65.1 Å². The van der Waals surface area contributed by atoms with Crippen LogP contribution < -0.4 is 9.62 Å². The zero-order valence-corrected chi connectivity index (χ0v) is 25.2. The number of anilines is 1. The molecule has 1 N–H and O–H groups in total. The second kappa shape index (κ2) is 13.8. The summed E-state index contributed by atoms with van der Waals surface area (Å²) in [5.41, 5.74) is 2.23. The molecule has 0 heterocycles. The van der Waals surface area contributed by atoms with Crippen molar-refractivity contribution >= 4 is 27.5 Å². The summed E-state index contributed by atoms with van der Waals surface area (Å²) in [6.07, 6.45) is 1.44. The van der Waals surface area contributed by atoms with Crippen molar-refractivity contribution in [2.24, 2.45) is 0 Å². The first-order chi connectivity index (χ1) is 19.3. The summed E-state index contributed by atoms with van der Waals surface area (Å²) in [6.45, 7) is 7.75. The Morgan fingerprint density at radius 3 is 2.15 bits per heavy atom. The van der Waals surface area contributed by atoms with E-state index in [1.165, 1.54) is 18.2 Å². The number of nitrogens with zero attached hydrogens (tertiary/aromatic N) is 2. The number of halogens is 1. The molecule has 0 aliphatic carbocycles. The largest absolute Gasteiger partial charge is 0.350 e.